The standard InChI is InChI=1S/C10H17N5O/c1-11-8-7-9(13-10(16)12-8)15-5-3-14(2)4-6-15/h7H,3-6H2,1-2H3,(H2,11,12,13,16). The highest BCUT2D eigenvalue weighted by atomic mass is 16.1. The molecule has 1 aromatic heterocycles. The Hall–Kier alpha value is -1.56. The van der Waals surface area contributed by atoms with Gasteiger partial charge in [0, 0.05) is 39.3 Å². The summed E-state index contributed by atoms with van der Waals surface area (Å²) in [6.45, 7) is 3.83. The van der Waals surface area contributed by atoms with Gasteiger partial charge >= 0.3 is 5.69 Å². The summed E-state index contributed by atoms with van der Waals surface area (Å²) in [6, 6.07) is 1.87. The fourth-order valence-corrected chi connectivity index (χ4v) is 1.78. The molecular formula is C10H17N5O. The van der Waals surface area contributed by atoms with E-state index >= 15 is 0 Å². The molecule has 2 heterocycles. The molecule has 1 aromatic rings. The van der Waals surface area contributed by atoms with Crippen LogP contribution in [0.1, 0.15) is 0 Å². The highest BCUT2D eigenvalue weighted by molar-refractivity contribution is 5.48. The van der Waals surface area contributed by atoms with Crippen molar-refractivity contribution in [2.45, 2.75) is 0 Å². The molecule has 0 amide bonds. The Balaban J connectivity index is 2.20. The maximum absolute atomic E-state index is 11.3. The first kappa shape index (κ1) is 10.9. The number of hydrogen-bond acceptors (Lipinski definition) is 5. The summed E-state index contributed by atoms with van der Waals surface area (Å²) < 4.78 is 0. The largest absolute Gasteiger partial charge is 0.374 e. The summed E-state index contributed by atoms with van der Waals surface area (Å²) in [5, 5.41) is 2.92. The summed E-state index contributed by atoms with van der Waals surface area (Å²) in [5.74, 6) is 1.45. The summed E-state index contributed by atoms with van der Waals surface area (Å²) in [7, 11) is 3.88. The van der Waals surface area contributed by atoms with Crippen molar-refractivity contribution >= 4 is 11.6 Å². The van der Waals surface area contributed by atoms with Crippen molar-refractivity contribution in [3.8, 4) is 0 Å². The fraction of sp³-hybridized carbons (Fsp3) is 0.600. The van der Waals surface area contributed by atoms with Gasteiger partial charge in [0.25, 0.3) is 0 Å². The third kappa shape index (κ3) is 2.33. The summed E-state index contributed by atoms with van der Waals surface area (Å²) in [6.07, 6.45) is 0. The number of rotatable bonds is 2. The van der Waals surface area contributed by atoms with Gasteiger partial charge in [-0.2, -0.15) is 4.98 Å². The number of nitrogens with zero attached hydrogens (tertiary/aromatic N) is 3. The Kier molecular flexibility index (Phi) is 3.09. The van der Waals surface area contributed by atoms with Crippen LogP contribution in [0.25, 0.3) is 0 Å². The Morgan fingerprint density at radius 3 is 2.69 bits per heavy atom. The molecule has 16 heavy (non-hydrogen) atoms. The minimum Gasteiger partial charge on any atom is -0.374 e. The first-order valence-electron chi connectivity index (χ1n) is 5.41. The second-order valence-corrected chi connectivity index (χ2v) is 4.00. The Bertz CT molecular complexity index is 408. The number of piperazine rings is 1. The van der Waals surface area contributed by atoms with Crippen molar-refractivity contribution in [3.05, 3.63) is 16.6 Å². The third-order valence-electron chi connectivity index (χ3n) is 2.83. The van der Waals surface area contributed by atoms with Crippen LogP contribution in [0, 0.1) is 0 Å². The quantitative estimate of drug-likeness (QED) is 0.712. The van der Waals surface area contributed by atoms with Gasteiger partial charge in [0.05, 0.1) is 0 Å². The highest BCUT2D eigenvalue weighted by Gasteiger charge is 2.15. The first-order chi connectivity index (χ1) is 7.69. The van der Waals surface area contributed by atoms with Crippen LogP contribution in [-0.4, -0.2) is 55.1 Å². The van der Waals surface area contributed by atoms with Gasteiger partial charge in [-0.15, -0.1) is 0 Å². The van der Waals surface area contributed by atoms with E-state index in [2.05, 4.69) is 32.1 Å². The normalized spacial score (nSPS) is 17.5. The average molecular weight is 223 g/mol. The average Bonchev–Trinajstić information content (AvgIpc) is 2.29. The predicted octanol–water partition coefficient (Wildman–Crippen LogP) is -0.437. The number of aromatic nitrogens is 2. The fourth-order valence-electron chi connectivity index (χ4n) is 1.78. The molecule has 1 aliphatic rings. The number of anilines is 2. The molecule has 1 saturated heterocycles. The number of likely N-dealkylation sites (N-methyl/N-ethyl adjacent to an activating group) is 1. The summed E-state index contributed by atoms with van der Waals surface area (Å²) in [5.41, 5.74) is -0.305. The maximum atomic E-state index is 11.3. The van der Waals surface area contributed by atoms with Gasteiger partial charge in [0.1, 0.15) is 11.6 Å². The van der Waals surface area contributed by atoms with Gasteiger partial charge < -0.3 is 15.1 Å². The second-order valence-electron chi connectivity index (χ2n) is 4.00. The van der Waals surface area contributed by atoms with E-state index in [0.29, 0.717) is 5.82 Å². The van der Waals surface area contributed by atoms with Crippen LogP contribution >= 0.6 is 0 Å². The zero-order valence-electron chi connectivity index (χ0n) is 9.66. The molecule has 0 spiro atoms. The van der Waals surface area contributed by atoms with Gasteiger partial charge in [-0.25, -0.2) is 4.79 Å². The molecule has 0 radical (unpaired) electrons. The summed E-state index contributed by atoms with van der Waals surface area (Å²) >= 11 is 0. The lowest BCUT2D eigenvalue weighted by Gasteiger charge is -2.33. The van der Waals surface area contributed by atoms with E-state index in [0.717, 1.165) is 32.0 Å². The van der Waals surface area contributed by atoms with Crippen LogP contribution in [0.2, 0.25) is 0 Å². The molecular weight excluding hydrogens is 206 g/mol. The number of H-pyrrole nitrogens is 1. The van der Waals surface area contributed by atoms with Crippen LogP contribution in [0.4, 0.5) is 11.6 Å². The molecule has 1 fully saturated rings. The number of nitrogens with one attached hydrogen (secondary N) is 2. The minimum absolute atomic E-state index is 0.305. The molecule has 88 valence electrons. The van der Waals surface area contributed by atoms with E-state index in [9.17, 15) is 4.79 Å². The predicted molar refractivity (Wildman–Crippen MR) is 64.1 cm³/mol. The molecule has 6 nitrogen and oxygen atoms in total. The molecule has 0 aromatic carbocycles. The third-order valence-corrected chi connectivity index (χ3v) is 2.83. The van der Waals surface area contributed by atoms with Crippen molar-refractivity contribution in [1.29, 1.82) is 0 Å². The van der Waals surface area contributed by atoms with Crippen molar-refractivity contribution in [2.75, 3.05) is 50.5 Å². The van der Waals surface area contributed by atoms with Crippen molar-refractivity contribution in [3.63, 3.8) is 0 Å². The smallest absolute Gasteiger partial charge is 0.348 e. The molecule has 0 aliphatic carbocycles. The van der Waals surface area contributed by atoms with Crippen LogP contribution in [0.3, 0.4) is 0 Å². The second kappa shape index (κ2) is 4.52. The van der Waals surface area contributed by atoms with Crippen molar-refractivity contribution < 1.29 is 0 Å². The van der Waals surface area contributed by atoms with Gasteiger partial charge in [-0.05, 0) is 7.05 Å². The van der Waals surface area contributed by atoms with Crippen molar-refractivity contribution in [2.24, 2.45) is 0 Å². The van der Waals surface area contributed by atoms with Gasteiger partial charge in [-0.3, -0.25) is 4.98 Å². The zero-order valence-corrected chi connectivity index (χ0v) is 9.66. The molecule has 1 aliphatic heterocycles. The van der Waals surface area contributed by atoms with Gasteiger partial charge in [-0.1, -0.05) is 0 Å². The van der Waals surface area contributed by atoms with E-state index in [1.807, 2.05) is 6.07 Å². The molecule has 2 rings (SSSR count). The van der Waals surface area contributed by atoms with E-state index in [4.69, 9.17) is 0 Å². The molecule has 0 bridgehead atoms. The molecule has 0 unspecified atom stereocenters. The molecule has 2 N–H and O–H groups in total. The van der Waals surface area contributed by atoms with Crippen molar-refractivity contribution in [1.82, 2.24) is 14.9 Å². The molecule has 6 heteroatoms. The van der Waals surface area contributed by atoms with E-state index < -0.39 is 0 Å². The zero-order chi connectivity index (χ0) is 11.5. The Labute approximate surface area is 94.3 Å². The van der Waals surface area contributed by atoms with Crippen LogP contribution < -0.4 is 15.9 Å². The lowest BCUT2D eigenvalue weighted by atomic mass is 10.3. The Morgan fingerprint density at radius 1 is 1.38 bits per heavy atom. The van der Waals surface area contributed by atoms with Gasteiger partial charge in [0.15, 0.2) is 0 Å². The van der Waals surface area contributed by atoms with E-state index in [1.165, 1.54) is 0 Å². The number of aromatic amines is 1. The SMILES string of the molecule is CNc1cc(N2CCN(C)CC2)nc(=O)[nH]1. The van der Waals surface area contributed by atoms with Gasteiger partial charge in [0.2, 0.25) is 0 Å². The van der Waals surface area contributed by atoms with E-state index in [1.54, 1.807) is 7.05 Å². The summed E-state index contributed by atoms with van der Waals surface area (Å²) in [4.78, 5) is 22.4. The van der Waals surface area contributed by atoms with Crippen LogP contribution in [-0.2, 0) is 0 Å². The first-order valence-corrected chi connectivity index (χ1v) is 5.41. The highest BCUT2D eigenvalue weighted by Crippen LogP contribution is 2.13. The molecule has 0 saturated carbocycles. The monoisotopic (exact) mass is 223 g/mol. The maximum Gasteiger partial charge on any atom is 0.348 e. The number of hydrogen-bond donors (Lipinski definition) is 2. The van der Waals surface area contributed by atoms with Crippen LogP contribution in [0.5, 0.6) is 0 Å². The lowest BCUT2D eigenvalue weighted by Crippen LogP contribution is -2.45. The minimum atomic E-state index is -0.305. The van der Waals surface area contributed by atoms with Crippen LogP contribution in [0.15, 0.2) is 10.9 Å². The van der Waals surface area contributed by atoms with E-state index in [-0.39, 0.29) is 5.69 Å². The lowest BCUT2D eigenvalue weighted by molar-refractivity contribution is 0.312. The topological polar surface area (TPSA) is 64.3 Å². The Morgan fingerprint density at radius 2 is 2.06 bits per heavy atom. The molecule has 0 atom stereocenters.